The number of benzene rings is 2. The molecule has 128 valence electrons. The highest BCUT2D eigenvalue weighted by molar-refractivity contribution is 7.98. The van der Waals surface area contributed by atoms with Gasteiger partial charge in [-0.25, -0.2) is 4.98 Å². The van der Waals surface area contributed by atoms with E-state index in [2.05, 4.69) is 4.98 Å². The molecule has 4 nitrogen and oxygen atoms in total. The number of para-hydroxylation sites is 1. The third-order valence-electron chi connectivity index (χ3n) is 3.66. The fourth-order valence-corrected chi connectivity index (χ4v) is 3.62. The smallest absolute Gasteiger partial charge is 0.306 e. The van der Waals surface area contributed by atoms with Crippen LogP contribution in [-0.4, -0.2) is 23.0 Å². The average Bonchev–Trinajstić information content (AvgIpc) is 3.07. The number of thioether (sulfide) groups is 1. The summed E-state index contributed by atoms with van der Waals surface area (Å²) in [6.45, 7) is 0.148. The standard InChI is InChI=1S/C19H17NO3S2/c1-24-14-8-6-13(7-9-14)16(21)10-11-19(22)23-12-18-20-15-4-2-3-5-17(15)25-18/h2-9H,10-12H2,1H3. The molecule has 0 amide bonds. The number of carbonyl (C=O) groups is 2. The van der Waals surface area contributed by atoms with Crippen LogP contribution in [0.5, 0.6) is 0 Å². The van der Waals surface area contributed by atoms with E-state index in [1.807, 2.05) is 42.7 Å². The topological polar surface area (TPSA) is 56.3 Å². The van der Waals surface area contributed by atoms with Crippen LogP contribution in [0.4, 0.5) is 0 Å². The molecular weight excluding hydrogens is 354 g/mol. The van der Waals surface area contributed by atoms with Crippen LogP contribution in [-0.2, 0) is 16.1 Å². The monoisotopic (exact) mass is 371 g/mol. The van der Waals surface area contributed by atoms with Crippen LogP contribution in [0.2, 0.25) is 0 Å². The van der Waals surface area contributed by atoms with Crippen LogP contribution < -0.4 is 0 Å². The van der Waals surface area contributed by atoms with Crippen LogP contribution in [0.15, 0.2) is 53.4 Å². The Hall–Kier alpha value is -2.18. The Balaban J connectivity index is 1.47. The maximum Gasteiger partial charge on any atom is 0.306 e. The van der Waals surface area contributed by atoms with Crippen molar-refractivity contribution in [2.45, 2.75) is 24.3 Å². The van der Waals surface area contributed by atoms with Gasteiger partial charge in [0, 0.05) is 16.9 Å². The van der Waals surface area contributed by atoms with Crippen molar-refractivity contribution in [3.63, 3.8) is 0 Å². The van der Waals surface area contributed by atoms with E-state index in [4.69, 9.17) is 4.74 Å². The molecule has 0 spiro atoms. The molecule has 2 aromatic carbocycles. The average molecular weight is 371 g/mol. The van der Waals surface area contributed by atoms with Gasteiger partial charge < -0.3 is 4.74 Å². The largest absolute Gasteiger partial charge is 0.458 e. The number of Topliss-reactive ketones (excluding diaryl/α,β-unsaturated/α-hetero) is 1. The maximum atomic E-state index is 12.1. The number of ketones is 1. The number of fused-ring (bicyclic) bond motifs is 1. The van der Waals surface area contributed by atoms with Crippen molar-refractivity contribution in [2.24, 2.45) is 0 Å². The Bertz CT molecular complexity index is 854. The molecule has 0 saturated carbocycles. The number of hydrogen-bond acceptors (Lipinski definition) is 6. The van der Waals surface area contributed by atoms with Gasteiger partial charge in [0.1, 0.15) is 11.6 Å². The lowest BCUT2D eigenvalue weighted by Gasteiger charge is -2.03. The first-order chi connectivity index (χ1) is 12.2. The summed E-state index contributed by atoms with van der Waals surface area (Å²) in [5, 5.41) is 0.758. The van der Waals surface area contributed by atoms with Crippen LogP contribution >= 0.6 is 23.1 Å². The third kappa shape index (κ3) is 4.67. The molecule has 0 aliphatic rings. The molecule has 3 aromatic rings. The number of esters is 1. The van der Waals surface area contributed by atoms with Gasteiger partial charge in [-0.05, 0) is 30.5 Å². The molecule has 25 heavy (non-hydrogen) atoms. The van der Waals surface area contributed by atoms with E-state index in [9.17, 15) is 9.59 Å². The summed E-state index contributed by atoms with van der Waals surface area (Å²) in [6, 6.07) is 15.2. The predicted molar refractivity (Wildman–Crippen MR) is 101 cm³/mol. The molecule has 0 fully saturated rings. The Morgan fingerprint density at radius 2 is 1.84 bits per heavy atom. The third-order valence-corrected chi connectivity index (χ3v) is 5.42. The van der Waals surface area contributed by atoms with Crippen molar-refractivity contribution in [1.29, 1.82) is 0 Å². The predicted octanol–water partition coefficient (Wildman–Crippen LogP) is 4.72. The maximum absolute atomic E-state index is 12.1. The molecule has 0 aliphatic heterocycles. The Labute approximate surface area is 154 Å². The quantitative estimate of drug-likeness (QED) is 0.341. The van der Waals surface area contributed by atoms with Gasteiger partial charge in [0.05, 0.1) is 16.6 Å². The minimum atomic E-state index is -0.381. The van der Waals surface area contributed by atoms with Crippen LogP contribution in [0, 0.1) is 0 Å². The van der Waals surface area contributed by atoms with Crippen molar-refractivity contribution in [3.8, 4) is 0 Å². The molecule has 0 bridgehead atoms. The van der Waals surface area contributed by atoms with Crippen molar-refractivity contribution >= 4 is 45.1 Å². The van der Waals surface area contributed by atoms with Crippen LogP contribution in [0.1, 0.15) is 28.2 Å². The molecule has 1 heterocycles. The summed E-state index contributed by atoms with van der Waals surface area (Å²) in [6.07, 6.45) is 2.21. The first kappa shape index (κ1) is 17.6. The van der Waals surface area contributed by atoms with Gasteiger partial charge in [0.25, 0.3) is 0 Å². The van der Waals surface area contributed by atoms with Gasteiger partial charge in [-0.2, -0.15) is 0 Å². The summed E-state index contributed by atoms with van der Waals surface area (Å²) >= 11 is 3.13. The number of ether oxygens (including phenoxy) is 1. The van der Waals surface area contributed by atoms with E-state index >= 15 is 0 Å². The molecule has 1 aromatic heterocycles. The van der Waals surface area contributed by atoms with Crippen LogP contribution in [0.3, 0.4) is 0 Å². The molecule has 0 radical (unpaired) electrons. The summed E-state index contributed by atoms with van der Waals surface area (Å²) in [7, 11) is 0. The van der Waals surface area contributed by atoms with Crippen molar-refractivity contribution in [2.75, 3.05) is 6.26 Å². The summed E-state index contributed by atoms with van der Waals surface area (Å²) in [5.74, 6) is -0.432. The Morgan fingerprint density at radius 3 is 2.56 bits per heavy atom. The highest BCUT2D eigenvalue weighted by Gasteiger charge is 2.12. The lowest BCUT2D eigenvalue weighted by atomic mass is 10.1. The zero-order chi connectivity index (χ0) is 17.6. The van der Waals surface area contributed by atoms with Crippen molar-refractivity contribution in [1.82, 2.24) is 4.98 Å². The second-order valence-electron chi connectivity index (χ2n) is 5.39. The lowest BCUT2D eigenvalue weighted by Crippen LogP contribution is -2.08. The number of carbonyl (C=O) groups excluding carboxylic acids is 2. The molecule has 6 heteroatoms. The Kier molecular flexibility index (Phi) is 5.83. The van der Waals surface area contributed by atoms with Crippen molar-refractivity contribution < 1.29 is 14.3 Å². The number of hydrogen-bond donors (Lipinski definition) is 0. The summed E-state index contributed by atoms with van der Waals surface area (Å²) in [4.78, 5) is 29.5. The minimum Gasteiger partial charge on any atom is -0.458 e. The first-order valence-corrected chi connectivity index (χ1v) is 9.87. The van der Waals surface area contributed by atoms with Gasteiger partial charge >= 0.3 is 5.97 Å². The molecule has 0 N–H and O–H groups in total. The number of thiazole rings is 1. The number of nitrogens with zero attached hydrogens (tertiary/aromatic N) is 1. The highest BCUT2D eigenvalue weighted by atomic mass is 32.2. The van der Waals surface area contributed by atoms with Crippen LogP contribution in [0.25, 0.3) is 10.2 Å². The van der Waals surface area contributed by atoms with E-state index in [1.165, 1.54) is 11.3 Å². The summed E-state index contributed by atoms with van der Waals surface area (Å²) in [5.41, 5.74) is 1.53. The van der Waals surface area contributed by atoms with Crippen molar-refractivity contribution in [3.05, 3.63) is 59.1 Å². The normalized spacial score (nSPS) is 10.8. The van der Waals surface area contributed by atoms with E-state index in [1.54, 1.807) is 23.9 Å². The first-order valence-electron chi connectivity index (χ1n) is 7.83. The molecule has 0 atom stereocenters. The molecule has 0 unspecified atom stereocenters. The number of aromatic nitrogens is 1. The van der Waals surface area contributed by atoms with E-state index in [0.29, 0.717) is 5.56 Å². The zero-order valence-corrected chi connectivity index (χ0v) is 15.4. The molecular formula is C19H17NO3S2. The fraction of sp³-hybridized carbons (Fsp3) is 0.211. The van der Waals surface area contributed by atoms with Gasteiger partial charge in [-0.15, -0.1) is 23.1 Å². The van der Waals surface area contributed by atoms with Gasteiger partial charge in [-0.3, -0.25) is 9.59 Å². The lowest BCUT2D eigenvalue weighted by molar-refractivity contribution is -0.144. The molecule has 3 rings (SSSR count). The van der Waals surface area contributed by atoms with E-state index in [-0.39, 0.29) is 31.2 Å². The number of rotatable bonds is 7. The molecule has 0 saturated heterocycles. The van der Waals surface area contributed by atoms with Gasteiger partial charge in [0.2, 0.25) is 0 Å². The zero-order valence-electron chi connectivity index (χ0n) is 13.7. The summed E-state index contributed by atoms with van der Waals surface area (Å²) < 4.78 is 6.30. The van der Waals surface area contributed by atoms with Gasteiger partial charge in [-0.1, -0.05) is 24.3 Å². The van der Waals surface area contributed by atoms with E-state index < -0.39 is 0 Å². The minimum absolute atomic E-state index is 0.0513. The second-order valence-corrected chi connectivity index (χ2v) is 7.38. The SMILES string of the molecule is CSc1ccc(C(=O)CCC(=O)OCc2nc3ccccc3s2)cc1. The highest BCUT2D eigenvalue weighted by Crippen LogP contribution is 2.22. The van der Waals surface area contributed by atoms with Gasteiger partial charge in [0.15, 0.2) is 5.78 Å². The second kappa shape index (κ2) is 8.27. The van der Waals surface area contributed by atoms with E-state index in [0.717, 1.165) is 20.1 Å². The molecule has 0 aliphatic carbocycles. The Morgan fingerprint density at radius 1 is 1.08 bits per heavy atom. The fourth-order valence-electron chi connectivity index (χ4n) is 2.33.